The lowest BCUT2D eigenvalue weighted by molar-refractivity contribution is -0.301. The Kier molecular flexibility index (Phi) is 23.8. The molecular formula is C33H56O12S. The third kappa shape index (κ3) is 20.3. The fraction of sp³-hybridized carbons (Fsp3) is 0.727. The molecule has 266 valence electrons. The average molecular weight is 677 g/mol. The Hall–Kier alpha value is -1.94. The smallest absolute Gasteiger partial charge is 0.397 e. The minimum atomic E-state index is -5.06. The number of esters is 1. The number of aliphatic hydroxyl groups is 3. The highest BCUT2D eigenvalue weighted by atomic mass is 32.3. The van der Waals surface area contributed by atoms with Gasteiger partial charge in [0.05, 0.1) is 19.8 Å². The summed E-state index contributed by atoms with van der Waals surface area (Å²) in [7, 11) is -5.06. The monoisotopic (exact) mass is 676 g/mol. The Labute approximate surface area is 275 Å². The minimum Gasteiger partial charge on any atom is -0.457 e. The molecule has 1 saturated heterocycles. The fourth-order valence-corrected chi connectivity index (χ4v) is 5.01. The number of carbonyl (C=O) groups is 1. The third-order valence-corrected chi connectivity index (χ3v) is 7.44. The van der Waals surface area contributed by atoms with E-state index in [9.17, 15) is 28.5 Å². The van der Waals surface area contributed by atoms with E-state index in [2.05, 4.69) is 54.5 Å². The first-order chi connectivity index (χ1) is 22.1. The predicted octanol–water partition coefficient (Wildman–Crippen LogP) is 4.50. The lowest BCUT2D eigenvalue weighted by atomic mass is 9.99. The summed E-state index contributed by atoms with van der Waals surface area (Å²) in [4.78, 5) is 12.6. The molecule has 0 bridgehead atoms. The molecule has 0 radical (unpaired) electrons. The van der Waals surface area contributed by atoms with Crippen molar-refractivity contribution in [3.05, 3.63) is 48.6 Å². The SMILES string of the molecule is CC/C=C\C/C=C\C/C=C\C/C=C\CCC(=O)OC(COCCCCCCCC)COC1OC(CO)C(O)C(OS(=O)(=O)O)C1O. The molecule has 6 unspecified atom stereocenters. The number of ether oxygens (including phenoxy) is 4. The van der Waals surface area contributed by atoms with Crippen LogP contribution in [0.1, 0.15) is 90.9 Å². The molecule has 0 aromatic heterocycles. The van der Waals surface area contributed by atoms with Crippen LogP contribution in [0.2, 0.25) is 0 Å². The largest absolute Gasteiger partial charge is 0.457 e. The Balaban J connectivity index is 2.63. The molecule has 0 spiro atoms. The third-order valence-electron chi connectivity index (χ3n) is 6.98. The van der Waals surface area contributed by atoms with Crippen LogP contribution in [0.3, 0.4) is 0 Å². The quantitative estimate of drug-likeness (QED) is 0.0437. The highest BCUT2D eigenvalue weighted by molar-refractivity contribution is 7.80. The van der Waals surface area contributed by atoms with E-state index < -0.39 is 59.8 Å². The number of unbranched alkanes of at least 4 members (excludes halogenated alkanes) is 5. The van der Waals surface area contributed by atoms with E-state index in [1.54, 1.807) is 0 Å². The van der Waals surface area contributed by atoms with Gasteiger partial charge in [-0.1, -0.05) is 94.6 Å². The maximum absolute atomic E-state index is 12.6. The van der Waals surface area contributed by atoms with Crippen molar-refractivity contribution in [2.24, 2.45) is 0 Å². The molecule has 12 nitrogen and oxygen atoms in total. The molecule has 6 atom stereocenters. The van der Waals surface area contributed by atoms with E-state index in [0.29, 0.717) is 13.0 Å². The zero-order valence-corrected chi connectivity index (χ0v) is 28.2. The van der Waals surface area contributed by atoms with Crippen LogP contribution >= 0.6 is 0 Å². The van der Waals surface area contributed by atoms with Crippen LogP contribution in [0.15, 0.2) is 48.6 Å². The van der Waals surface area contributed by atoms with Gasteiger partial charge < -0.3 is 34.3 Å². The second-order valence-corrected chi connectivity index (χ2v) is 12.1. The lowest BCUT2D eigenvalue weighted by Gasteiger charge is -2.41. The summed E-state index contributed by atoms with van der Waals surface area (Å²) in [6, 6.07) is 0. The van der Waals surface area contributed by atoms with Gasteiger partial charge in [0.1, 0.15) is 30.5 Å². The van der Waals surface area contributed by atoms with Gasteiger partial charge in [0.25, 0.3) is 0 Å². The summed E-state index contributed by atoms with van der Waals surface area (Å²) in [5.41, 5.74) is 0. The van der Waals surface area contributed by atoms with Gasteiger partial charge in [-0.3, -0.25) is 9.35 Å². The molecule has 0 aromatic rings. The van der Waals surface area contributed by atoms with E-state index in [0.717, 1.165) is 51.4 Å². The summed E-state index contributed by atoms with van der Waals surface area (Å²) >= 11 is 0. The Morgan fingerprint density at radius 1 is 0.848 bits per heavy atom. The summed E-state index contributed by atoms with van der Waals surface area (Å²) < 4.78 is 58.2. The van der Waals surface area contributed by atoms with Crippen molar-refractivity contribution in [1.29, 1.82) is 0 Å². The van der Waals surface area contributed by atoms with Crippen molar-refractivity contribution >= 4 is 16.4 Å². The van der Waals surface area contributed by atoms with Gasteiger partial charge >= 0.3 is 16.4 Å². The van der Waals surface area contributed by atoms with Crippen LogP contribution in [0, 0.1) is 0 Å². The predicted molar refractivity (Wildman–Crippen MR) is 174 cm³/mol. The van der Waals surface area contributed by atoms with Crippen LogP contribution in [0.4, 0.5) is 0 Å². The van der Waals surface area contributed by atoms with E-state index in [4.69, 9.17) is 23.5 Å². The maximum Gasteiger partial charge on any atom is 0.397 e. The number of carbonyl (C=O) groups excluding carboxylic acids is 1. The molecule has 46 heavy (non-hydrogen) atoms. The fourth-order valence-electron chi connectivity index (χ4n) is 4.51. The van der Waals surface area contributed by atoms with Gasteiger partial charge in [-0.2, -0.15) is 8.42 Å². The van der Waals surface area contributed by atoms with Crippen LogP contribution in [0.25, 0.3) is 0 Å². The molecule has 0 saturated carbocycles. The number of rotatable bonds is 26. The first-order valence-electron chi connectivity index (χ1n) is 16.4. The lowest BCUT2D eigenvalue weighted by Crippen LogP contribution is -2.60. The van der Waals surface area contributed by atoms with Gasteiger partial charge in [-0.05, 0) is 38.5 Å². The van der Waals surface area contributed by atoms with Gasteiger partial charge in [0.2, 0.25) is 0 Å². The normalized spacial score (nSPS) is 23.3. The number of allylic oxidation sites excluding steroid dienone is 8. The highest BCUT2D eigenvalue weighted by Crippen LogP contribution is 2.25. The standard InChI is InChI=1S/C33H56O12S/c1-3-5-7-9-11-12-13-14-15-16-17-18-20-22-29(35)43-27(25-41-23-21-19-10-8-6-4-2)26-42-33-31(37)32(45-46(38,39)40)30(36)28(24-34)44-33/h5,7,11-12,14-15,17-18,27-28,30-34,36-37H,3-4,6,8-10,13,16,19-26H2,1-2H3,(H,38,39,40)/b7-5-,12-11-,15-14-,18-17-. The van der Waals surface area contributed by atoms with E-state index >= 15 is 0 Å². The van der Waals surface area contributed by atoms with E-state index in [1.807, 2.05) is 12.2 Å². The molecule has 1 rings (SSSR count). The Morgan fingerprint density at radius 2 is 1.46 bits per heavy atom. The van der Waals surface area contributed by atoms with Gasteiger partial charge in [-0.25, -0.2) is 4.18 Å². The maximum atomic E-state index is 12.6. The Morgan fingerprint density at radius 3 is 2.07 bits per heavy atom. The average Bonchev–Trinajstić information content (AvgIpc) is 3.01. The minimum absolute atomic E-state index is 0.00445. The molecule has 0 aliphatic carbocycles. The van der Waals surface area contributed by atoms with Crippen LogP contribution in [-0.2, 0) is 38.3 Å². The van der Waals surface area contributed by atoms with Gasteiger partial charge in [0.15, 0.2) is 6.29 Å². The van der Waals surface area contributed by atoms with Gasteiger partial charge in [0, 0.05) is 13.0 Å². The van der Waals surface area contributed by atoms with Crippen molar-refractivity contribution in [2.45, 2.75) is 128 Å². The van der Waals surface area contributed by atoms with E-state index in [-0.39, 0.29) is 19.6 Å². The molecule has 4 N–H and O–H groups in total. The topological polar surface area (TPSA) is 178 Å². The Bertz CT molecular complexity index is 1010. The molecule has 1 aliphatic heterocycles. The van der Waals surface area contributed by atoms with Crippen LogP contribution < -0.4 is 0 Å². The molecule has 1 heterocycles. The highest BCUT2D eigenvalue weighted by Gasteiger charge is 2.48. The molecule has 1 fully saturated rings. The first-order valence-corrected chi connectivity index (χ1v) is 17.8. The zero-order chi connectivity index (χ0) is 34.0. The van der Waals surface area contributed by atoms with E-state index in [1.165, 1.54) is 12.8 Å². The van der Waals surface area contributed by atoms with Crippen LogP contribution in [-0.4, -0.2) is 97.5 Å². The summed E-state index contributed by atoms with van der Waals surface area (Å²) in [6.45, 7) is 3.66. The zero-order valence-electron chi connectivity index (χ0n) is 27.4. The summed E-state index contributed by atoms with van der Waals surface area (Å²) in [5, 5.41) is 30.3. The number of hydrogen-bond acceptors (Lipinski definition) is 11. The van der Waals surface area contributed by atoms with Crippen molar-refractivity contribution in [1.82, 2.24) is 0 Å². The number of aliphatic hydroxyl groups excluding tert-OH is 3. The molecule has 0 amide bonds. The molecular weight excluding hydrogens is 620 g/mol. The van der Waals surface area contributed by atoms with Gasteiger partial charge in [-0.15, -0.1) is 0 Å². The summed E-state index contributed by atoms with van der Waals surface area (Å²) in [5.74, 6) is -0.486. The second-order valence-electron chi connectivity index (χ2n) is 11.0. The van der Waals surface area contributed by atoms with Crippen molar-refractivity contribution in [3.8, 4) is 0 Å². The van der Waals surface area contributed by atoms with Crippen molar-refractivity contribution in [3.63, 3.8) is 0 Å². The van der Waals surface area contributed by atoms with Crippen molar-refractivity contribution in [2.75, 3.05) is 26.4 Å². The molecule has 13 heteroatoms. The molecule has 0 aromatic carbocycles. The molecule has 1 aliphatic rings. The van der Waals surface area contributed by atoms with Crippen LogP contribution in [0.5, 0.6) is 0 Å². The second kappa shape index (κ2) is 26.1. The number of hydrogen-bond donors (Lipinski definition) is 4. The summed E-state index contributed by atoms with van der Waals surface area (Å²) in [6.07, 6.45) is 17.8. The van der Waals surface area contributed by atoms with Crippen molar-refractivity contribution < 1.29 is 56.2 Å². The first kappa shape index (κ1) is 42.1.